The number of ether oxygens (including phenoxy) is 1. The zero-order valence-electron chi connectivity index (χ0n) is 23.1. The first-order valence-electron chi connectivity index (χ1n) is 12.6. The standard InChI is InChI=1S/C20H32N.C10H12O.2ClH.Ru/c1-14(2)16-10-9-11-17(15(3)4)18(16)21-13-19(5,6)12-20(21,7)8;1-8(2)11-10-7-5-4-6-9(10)3;;;/h9-11,13-15H,12H2,1-8H3;3-8H,1-2H3;2*1H;/q-1;;;;+2/p-1. The number of para-hydroxylation sites is 2. The molecule has 0 unspecified atom stereocenters. The molecule has 0 aliphatic carbocycles. The Labute approximate surface area is 227 Å². The average Bonchev–Trinajstić information content (AvgIpc) is 2.95. The summed E-state index contributed by atoms with van der Waals surface area (Å²) in [7, 11) is 11.7. The van der Waals surface area contributed by atoms with Crippen molar-refractivity contribution in [1.82, 2.24) is 0 Å². The number of halogens is 2. The Morgan fingerprint density at radius 3 is 1.86 bits per heavy atom. The van der Waals surface area contributed by atoms with Gasteiger partial charge < -0.3 is 4.90 Å². The van der Waals surface area contributed by atoms with Crippen molar-refractivity contribution in [3.8, 4) is 5.75 Å². The van der Waals surface area contributed by atoms with Crippen molar-refractivity contribution >= 4 is 29.7 Å². The van der Waals surface area contributed by atoms with Gasteiger partial charge in [0, 0.05) is 11.2 Å². The number of anilines is 1. The van der Waals surface area contributed by atoms with Gasteiger partial charge in [-0.1, -0.05) is 66.2 Å². The number of rotatable bonds is 6. The molecule has 35 heavy (non-hydrogen) atoms. The molecule has 3 rings (SSSR count). The van der Waals surface area contributed by atoms with Gasteiger partial charge in [-0.2, -0.15) is 0 Å². The Balaban J connectivity index is 0.000000269. The summed E-state index contributed by atoms with van der Waals surface area (Å²) < 4.78 is 6.41. The number of hydrogen-bond acceptors (Lipinski definition) is 1. The minimum atomic E-state index is -1.75. The van der Waals surface area contributed by atoms with Gasteiger partial charge in [0.25, 0.3) is 0 Å². The third-order valence-electron chi connectivity index (χ3n) is 6.12. The Bertz CT molecular complexity index is 981. The molecule has 198 valence electrons. The van der Waals surface area contributed by atoms with Crippen molar-refractivity contribution in [2.45, 2.75) is 99.1 Å². The molecule has 2 aromatic carbocycles. The summed E-state index contributed by atoms with van der Waals surface area (Å²) in [6.07, 6.45) is 1.49. The molecule has 0 radical (unpaired) electrons. The van der Waals surface area contributed by atoms with E-state index < -0.39 is 13.5 Å². The topological polar surface area (TPSA) is 16.0 Å². The third-order valence-corrected chi connectivity index (χ3v) is 7.96. The van der Waals surface area contributed by atoms with Gasteiger partial charge in [0.15, 0.2) is 0 Å². The monoisotopic (exact) mass is 607 g/mol. The molecule has 1 fully saturated rings. The molecule has 0 spiro atoms. The third kappa shape index (κ3) is 8.58. The van der Waals surface area contributed by atoms with Crippen molar-refractivity contribution in [2.75, 3.05) is 4.90 Å². The molecular weight excluding hydrogens is 562 g/mol. The molecule has 1 heterocycles. The minimum Gasteiger partial charge on any atom is -0.517 e. The molecule has 1 saturated heterocycles. The van der Waals surface area contributed by atoms with E-state index in [-0.39, 0.29) is 17.1 Å². The second-order valence-electron chi connectivity index (χ2n) is 11.7. The van der Waals surface area contributed by atoms with Crippen LogP contribution < -0.4 is 4.90 Å². The summed E-state index contributed by atoms with van der Waals surface area (Å²) >= 11 is -1.75. The smallest absolute Gasteiger partial charge is 0.0145 e. The van der Waals surface area contributed by atoms with Gasteiger partial charge in [-0.05, 0) is 36.8 Å². The molecule has 5 heteroatoms. The van der Waals surface area contributed by atoms with E-state index >= 15 is 0 Å². The quantitative estimate of drug-likeness (QED) is 0.182. The zero-order valence-corrected chi connectivity index (χ0v) is 26.4. The predicted octanol–water partition coefficient (Wildman–Crippen LogP) is 9.52. The zero-order chi connectivity index (χ0) is 26.6. The van der Waals surface area contributed by atoms with Crippen LogP contribution in [0.25, 0.3) is 0 Å². The number of benzene rings is 2. The first-order valence-corrected chi connectivity index (χ1v) is 18.0. The van der Waals surface area contributed by atoms with Crippen LogP contribution in [0.4, 0.5) is 5.69 Å². The molecule has 1 aliphatic heterocycles. The largest absolute Gasteiger partial charge is 0.517 e. The van der Waals surface area contributed by atoms with E-state index in [4.69, 9.17) is 19.4 Å². The van der Waals surface area contributed by atoms with Gasteiger partial charge >= 0.3 is 97.8 Å². The molecule has 1 N–H and O–H groups in total. The fraction of sp³-hybridized carbons (Fsp3) is 0.533. The van der Waals surface area contributed by atoms with Gasteiger partial charge in [-0.25, -0.2) is 6.54 Å². The first-order chi connectivity index (χ1) is 16.1. The van der Waals surface area contributed by atoms with Crippen LogP contribution in [0.1, 0.15) is 104 Å². The number of nitrogens with zero attached hydrogens (tertiary/aromatic N) is 1. The van der Waals surface area contributed by atoms with Gasteiger partial charge in [0.2, 0.25) is 0 Å². The van der Waals surface area contributed by atoms with Crippen molar-refractivity contribution < 1.29 is 18.3 Å². The van der Waals surface area contributed by atoms with Crippen LogP contribution >= 0.6 is 19.4 Å². The Morgan fingerprint density at radius 1 is 0.886 bits per heavy atom. The van der Waals surface area contributed by atoms with E-state index in [1.54, 1.807) is 0 Å². The second kappa shape index (κ2) is 12.6. The molecule has 2 nitrogen and oxygen atoms in total. The normalized spacial score (nSPS) is 16.9. The molecule has 0 amide bonds. The van der Waals surface area contributed by atoms with E-state index in [0.29, 0.717) is 11.8 Å². The summed E-state index contributed by atoms with van der Waals surface area (Å²) in [6.45, 7) is 25.2. The maximum absolute atomic E-state index is 5.83. The molecule has 0 atom stereocenters. The summed E-state index contributed by atoms with van der Waals surface area (Å²) in [5.74, 6) is 2.07. The average molecular weight is 608 g/mol. The Hall–Kier alpha value is -0.887. The molecular formula is C30H45Cl2NORu. The van der Waals surface area contributed by atoms with Crippen LogP contribution in [0.3, 0.4) is 0 Å². The molecule has 0 bridgehead atoms. The van der Waals surface area contributed by atoms with Crippen LogP contribution in [-0.2, 0) is 13.5 Å². The fourth-order valence-electron chi connectivity index (χ4n) is 4.98. The molecule has 1 aliphatic rings. The Kier molecular flexibility index (Phi) is 10.9. The molecule has 0 saturated carbocycles. The van der Waals surface area contributed by atoms with Crippen LogP contribution in [-0.4, -0.2) is 21.0 Å². The molecule has 2 aromatic rings. The number of aliphatic hydroxyl groups is 1. The van der Waals surface area contributed by atoms with Crippen molar-refractivity contribution in [3.63, 3.8) is 0 Å². The van der Waals surface area contributed by atoms with E-state index in [1.165, 1.54) is 23.2 Å². The van der Waals surface area contributed by atoms with E-state index in [0.717, 1.165) is 11.3 Å². The van der Waals surface area contributed by atoms with Gasteiger partial charge in [-0.3, -0.25) is 0 Å². The van der Waals surface area contributed by atoms with Crippen LogP contribution in [0, 0.1) is 12.0 Å². The fourth-order valence-corrected chi connectivity index (χ4v) is 6.80. The van der Waals surface area contributed by atoms with Crippen molar-refractivity contribution in [3.05, 3.63) is 65.7 Å². The van der Waals surface area contributed by atoms with Gasteiger partial charge in [0.05, 0.1) is 0 Å². The maximum Gasteiger partial charge on any atom is 0.0145 e. The van der Waals surface area contributed by atoms with E-state index in [9.17, 15) is 0 Å². The van der Waals surface area contributed by atoms with Gasteiger partial charge in [0.1, 0.15) is 0 Å². The van der Waals surface area contributed by atoms with E-state index in [1.807, 2.05) is 42.7 Å². The second-order valence-corrected chi connectivity index (χ2v) is 17.4. The number of aromatic hydroxyl groups is 1. The van der Waals surface area contributed by atoms with Gasteiger partial charge in [-0.15, -0.1) is 5.41 Å². The summed E-state index contributed by atoms with van der Waals surface area (Å²) in [5, 5.41) is 0. The predicted molar refractivity (Wildman–Crippen MR) is 154 cm³/mol. The van der Waals surface area contributed by atoms with Crippen LogP contribution in [0.2, 0.25) is 0 Å². The number of hydrogen-bond donors (Lipinski definition) is 0. The van der Waals surface area contributed by atoms with Crippen LogP contribution in [0.5, 0.6) is 5.75 Å². The SMILES string of the molecule is CC(C)[OH+]c1ccccc1[CH]=[Ru]([Cl])[Cl].CC(C)c1cccc(C(C)C)c1N1[CH-]C(C)(C)CC1(C)C. The first kappa shape index (κ1) is 30.3. The maximum atomic E-state index is 5.83. The van der Waals surface area contributed by atoms with Crippen LogP contribution in [0.15, 0.2) is 42.5 Å². The summed E-state index contributed by atoms with van der Waals surface area (Å²) in [5.41, 5.74) is 5.90. The summed E-state index contributed by atoms with van der Waals surface area (Å²) in [4.78, 5) is 2.57. The van der Waals surface area contributed by atoms with Crippen molar-refractivity contribution in [2.24, 2.45) is 5.41 Å². The van der Waals surface area contributed by atoms with Crippen molar-refractivity contribution in [1.29, 1.82) is 0 Å². The molecule has 0 aromatic heterocycles. The Morgan fingerprint density at radius 2 is 1.43 bits per heavy atom. The van der Waals surface area contributed by atoms with E-state index in [2.05, 4.69) is 89.8 Å². The minimum absolute atomic E-state index is 0.179. The summed E-state index contributed by atoms with van der Waals surface area (Å²) in [6, 6.07) is 14.8.